The summed E-state index contributed by atoms with van der Waals surface area (Å²) in [5.41, 5.74) is -0.191. The van der Waals surface area contributed by atoms with E-state index in [0.717, 1.165) is 19.3 Å². The van der Waals surface area contributed by atoms with Crippen molar-refractivity contribution in [1.29, 1.82) is 0 Å². The Morgan fingerprint density at radius 3 is 2.63 bits per heavy atom. The van der Waals surface area contributed by atoms with Crippen LogP contribution >= 0.6 is 0 Å². The Balaban J connectivity index is 2.09. The number of allylic oxidation sites excluding steroid dienone is 1. The van der Waals surface area contributed by atoms with Gasteiger partial charge in [-0.25, -0.2) is 12.7 Å². The highest BCUT2D eigenvalue weighted by Crippen LogP contribution is 2.69. The Kier molecular flexibility index (Phi) is 2.51. The highest BCUT2D eigenvalue weighted by molar-refractivity contribution is 7.90. The predicted molar refractivity (Wildman–Crippen MR) is 72.8 cm³/mol. The maximum Gasteiger partial charge on any atom is 0.259 e. The fraction of sp³-hybridized carbons (Fsp3) is 0.786. The van der Waals surface area contributed by atoms with Crippen molar-refractivity contribution in [2.24, 2.45) is 16.7 Å². The first-order chi connectivity index (χ1) is 8.76. The minimum Gasteiger partial charge on any atom is -0.269 e. The van der Waals surface area contributed by atoms with Crippen LogP contribution in [0.3, 0.4) is 0 Å². The Labute approximate surface area is 114 Å². The Morgan fingerprint density at radius 1 is 1.37 bits per heavy atom. The van der Waals surface area contributed by atoms with Gasteiger partial charge in [0.25, 0.3) is 5.91 Å². The molecule has 1 amide bonds. The van der Waals surface area contributed by atoms with Crippen LogP contribution in [-0.2, 0) is 14.8 Å². The smallest absolute Gasteiger partial charge is 0.259 e. The van der Waals surface area contributed by atoms with Crippen molar-refractivity contribution in [1.82, 2.24) is 4.31 Å². The fourth-order valence-corrected chi connectivity index (χ4v) is 7.30. The van der Waals surface area contributed by atoms with Crippen molar-refractivity contribution < 1.29 is 13.2 Å². The molecule has 2 saturated carbocycles. The molecule has 106 valence electrons. The van der Waals surface area contributed by atoms with Crippen molar-refractivity contribution in [2.75, 3.05) is 5.75 Å². The summed E-state index contributed by atoms with van der Waals surface area (Å²) in [6.45, 7) is 6.11. The molecule has 1 heterocycles. The zero-order chi connectivity index (χ0) is 14.1. The van der Waals surface area contributed by atoms with Gasteiger partial charge in [-0.15, -0.1) is 0 Å². The number of amides is 1. The van der Waals surface area contributed by atoms with Crippen molar-refractivity contribution in [2.45, 2.75) is 46.1 Å². The van der Waals surface area contributed by atoms with Gasteiger partial charge in [0.2, 0.25) is 10.0 Å². The molecule has 3 aliphatic rings. The van der Waals surface area contributed by atoms with E-state index in [0.29, 0.717) is 5.92 Å². The van der Waals surface area contributed by atoms with Crippen LogP contribution in [0.25, 0.3) is 0 Å². The van der Waals surface area contributed by atoms with E-state index in [1.807, 2.05) is 0 Å². The number of hydrogen-bond acceptors (Lipinski definition) is 3. The molecule has 0 N–H and O–H groups in total. The highest BCUT2D eigenvalue weighted by atomic mass is 32.2. The molecule has 1 saturated heterocycles. The molecule has 1 aliphatic heterocycles. The van der Waals surface area contributed by atoms with E-state index >= 15 is 0 Å². The van der Waals surface area contributed by atoms with Crippen LogP contribution < -0.4 is 0 Å². The highest BCUT2D eigenvalue weighted by Gasteiger charge is 2.72. The van der Waals surface area contributed by atoms with Gasteiger partial charge < -0.3 is 0 Å². The zero-order valence-corrected chi connectivity index (χ0v) is 12.5. The molecular weight excluding hydrogens is 262 g/mol. The first-order valence-corrected chi connectivity index (χ1v) is 8.56. The molecule has 0 aromatic rings. The molecular formula is C14H21NO3S. The summed E-state index contributed by atoms with van der Waals surface area (Å²) in [5.74, 6) is 0.332. The van der Waals surface area contributed by atoms with E-state index in [-0.39, 0.29) is 28.5 Å². The molecule has 5 heteroatoms. The molecule has 1 spiro atoms. The number of carbonyl (C=O) groups excluding carboxylic acids is 1. The average Bonchev–Trinajstić information content (AvgIpc) is 2.75. The third kappa shape index (κ3) is 1.40. The zero-order valence-electron chi connectivity index (χ0n) is 11.7. The molecule has 3 fully saturated rings. The van der Waals surface area contributed by atoms with E-state index in [2.05, 4.69) is 13.8 Å². The average molecular weight is 283 g/mol. The molecule has 2 bridgehead atoms. The lowest BCUT2D eigenvalue weighted by Gasteiger charge is -2.36. The summed E-state index contributed by atoms with van der Waals surface area (Å²) >= 11 is 0. The topological polar surface area (TPSA) is 54.5 Å². The maximum atomic E-state index is 12.4. The largest absolute Gasteiger partial charge is 0.269 e. The molecule has 0 aromatic heterocycles. The minimum absolute atomic E-state index is 0.0235. The van der Waals surface area contributed by atoms with Gasteiger partial charge in [-0.05, 0) is 43.6 Å². The standard InChI is InChI=1S/C14H21NO3S/c1-4-5-12(16)15-11-8-10-6-7-14(11,13(10,2)3)9-19(15,17)18/h4-5,10-11H,6-9H2,1-3H3/t10-,11+,14+/m1/s1. The number of rotatable bonds is 1. The van der Waals surface area contributed by atoms with Gasteiger partial charge in [0, 0.05) is 5.41 Å². The molecule has 2 aliphatic carbocycles. The van der Waals surface area contributed by atoms with Gasteiger partial charge in [0.1, 0.15) is 0 Å². The van der Waals surface area contributed by atoms with Crippen molar-refractivity contribution in [3.05, 3.63) is 12.2 Å². The lowest BCUT2D eigenvalue weighted by atomic mass is 9.69. The fourth-order valence-electron chi connectivity index (χ4n) is 4.80. The number of sulfonamides is 1. The first kappa shape index (κ1) is 13.2. The van der Waals surface area contributed by atoms with Crippen LogP contribution in [-0.4, -0.2) is 30.4 Å². The van der Waals surface area contributed by atoms with Crippen LogP contribution in [0.4, 0.5) is 0 Å². The molecule has 0 unspecified atom stereocenters. The summed E-state index contributed by atoms with van der Waals surface area (Å²) in [6, 6.07) is -0.116. The monoisotopic (exact) mass is 283 g/mol. The number of hydrogen-bond donors (Lipinski definition) is 0. The molecule has 3 atom stereocenters. The number of carbonyl (C=O) groups is 1. The van der Waals surface area contributed by atoms with E-state index in [4.69, 9.17) is 0 Å². The minimum atomic E-state index is -3.45. The predicted octanol–water partition coefficient (Wildman–Crippen LogP) is 1.93. The van der Waals surface area contributed by atoms with E-state index < -0.39 is 10.0 Å². The van der Waals surface area contributed by atoms with Crippen molar-refractivity contribution in [3.63, 3.8) is 0 Å². The van der Waals surface area contributed by atoms with Crippen LogP contribution in [0.5, 0.6) is 0 Å². The van der Waals surface area contributed by atoms with Gasteiger partial charge >= 0.3 is 0 Å². The van der Waals surface area contributed by atoms with Crippen molar-refractivity contribution >= 4 is 15.9 Å². The number of fused-ring (bicyclic) bond motifs is 1. The van der Waals surface area contributed by atoms with Gasteiger partial charge in [-0.3, -0.25) is 4.79 Å². The van der Waals surface area contributed by atoms with Crippen LogP contribution in [0, 0.1) is 16.7 Å². The van der Waals surface area contributed by atoms with Crippen LogP contribution in [0.2, 0.25) is 0 Å². The summed E-state index contributed by atoms with van der Waals surface area (Å²) < 4.78 is 26.1. The molecule has 4 nitrogen and oxygen atoms in total. The SMILES string of the molecule is CC=CC(=O)N1[C@H]2C[C@H]3CC[C@@]2(CS1(=O)=O)C3(C)C. The lowest BCUT2D eigenvalue weighted by Crippen LogP contribution is -2.43. The Morgan fingerprint density at radius 2 is 2.05 bits per heavy atom. The second-order valence-electron chi connectivity index (χ2n) is 6.76. The number of nitrogens with zero attached hydrogens (tertiary/aromatic N) is 1. The lowest BCUT2D eigenvalue weighted by molar-refractivity contribution is -0.124. The van der Waals surface area contributed by atoms with Gasteiger partial charge in [-0.2, -0.15) is 0 Å². The molecule has 0 radical (unpaired) electrons. The summed E-state index contributed by atoms with van der Waals surface area (Å²) in [6.07, 6.45) is 5.87. The quantitative estimate of drug-likeness (QED) is 0.691. The molecule has 19 heavy (non-hydrogen) atoms. The normalized spacial score (nSPS) is 41.9. The van der Waals surface area contributed by atoms with Crippen molar-refractivity contribution in [3.8, 4) is 0 Å². The maximum absolute atomic E-state index is 12.4. The third-order valence-corrected chi connectivity index (χ3v) is 7.85. The van der Waals surface area contributed by atoms with Crippen LogP contribution in [0.15, 0.2) is 12.2 Å². The van der Waals surface area contributed by atoms with E-state index in [1.54, 1.807) is 13.0 Å². The molecule has 0 aromatic carbocycles. The van der Waals surface area contributed by atoms with Gasteiger partial charge in [-0.1, -0.05) is 19.9 Å². The summed E-state index contributed by atoms with van der Waals surface area (Å²) in [4.78, 5) is 12.1. The van der Waals surface area contributed by atoms with Gasteiger partial charge in [0.15, 0.2) is 0 Å². The van der Waals surface area contributed by atoms with E-state index in [1.165, 1.54) is 10.4 Å². The van der Waals surface area contributed by atoms with E-state index in [9.17, 15) is 13.2 Å². The second-order valence-corrected chi connectivity index (χ2v) is 8.60. The summed E-state index contributed by atoms with van der Waals surface area (Å²) in [7, 11) is -3.45. The van der Waals surface area contributed by atoms with Crippen LogP contribution in [0.1, 0.15) is 40.0 Å². The Bertz CT molecular complexity index is 563. The Hall–Kier alpha value is -0.840. The summed E-state index contributed by atoms with van der Waals surface area (Å²) in [5, 5.41) is 0. The second kappa shape index (κ2) is 3.62. The first-order valence-electron chi connectivity index (χ1n) is 6.95. The third-order valence-electron chi connectivity index (χ3n) is 5.94. The van der Waals surface area contributed by atoms with Gasteiger partial charge in [0.05, 0.1) is 11.8 Å². The molecule has 3 rings (SSSR count).